The van der Waals surface area contributed by atoms with Gasteiger partial charge >= 0.3 is 0 Å². The number of nitrogens with one attached hydrogen (secondary N) is 2. The Morgan fingerprint density at radius 1 is 1.41 bits per heavy atom. The largest absolute Gasteiger partial charge is 0.361 e. The molecule has 3 rings (SSSR count). The van der Waals surface area contributed by atoms with Crippen molar-refractivity contribution in [3.05, 3.63) is 36.0 Å². The number of H-pyrrole nitrogens is 1. The number of carbonyl (C=O) groups excluding carboxylic acids is 1. The number of likely N-dealkylation sites (tertiary alicyclic amines) is 1. The van der Waals surface area contributed by atoms with Crippen molar-refractivity contribution >= 4 is 26.8 Å². The van der Waals surface area contributed by atoms with Gasteiger partial charge in [0.15, 0.2) is 0 Å². The molecule has 0 unspecified atom stereocenters. The molecule has 22 heavy (non-hydrogen) atoms. The Kier molecular flexibility index (Phi) is 3.92. The molecule has 1 aliphatic heterocycles. The first-order chi connectivity index (χ1) is 10.5. The molecule has 1 aromatic carbocycles. The molecule has 118 valence electrons. The highest BCUT2D eigenvalue weighted by molar-refractivity contribution is 7.89. The van der Waals surface area contributed by atoms with E-state index in [1.54, 1.807) is 11.0 Å². The summed E-state index contributed by atoms with van der Waals surface area (Å²) >= 11 is 0. The van der Waals surface area contributed by atoms with Crippen LogP contribution >= 0.6 is 0 Å². The standard InChI is InChI=1S/C15H19N3O3S/c1-16-22(20,21)10-13-3-2-8-18(13)15(19)12-5-4-11-6-7-17-14(11)9-12/h4-7,9,13,16-17H,2-3,8,10H2,1H3/t13-/m1/s1. The summed E-state index contributed by atoms with van der Waals surface area (Å²) in [7, 11) is -1.93. The molecule has 2 N–H and O–H groups in total. The number of rotatable bonds is 4. The topological polar surface area (TPSA) is 82.3 Å². The fraction of sp³-hybridized carbons (Fsp3) is 0.400. The maximum Gasteiger partial charge on any atom is 0.254 e. The van der Waals surface area contributed by atoms with Gasteiger partial charge in [0.25, 0.3) is 5.91 Å². The number of hydrogen-bond acceptors (Lipinski definition) is 3. The molecule has 0 bridgehead atoms. The normalized spacial score (nSPS) is 19.0. The average molecular weight is 321 g/mol. The fourth-order valence-corrected chi connectivity index (χ4v) is 3.98. The van der Waals surface area contributed by atoms with Crippen molar-refractivity contribution in [2.75, 3.05) is 19.3 Å². The molecule has 1 amide bonds. The van der Waals surface area contributed by atoms with Crippen molar-refractivity contribution in [2.45, 2.75) is 18.9 Å². The summed E-state index contributed by atoms with van der Waals surface area (Å²) in [5.41, 5.74) is 1.49. The second-order valence-corrected chi connectivity index (χ2v) is 7.53. The van der Waals surface area contributed by atoms with E-state index in [0.717, 1.165) is 23.7 Å². The number of nitrogens with zero attached hydrogens (tertiary/aromatic N) is 1. The van der Waals surface area contributed by atoms with Crippen molar-refractivity contribution < 1.29 is 13.2 Å². The van der Waals surface area contributed by atoms with Crippen LogP contribution in [0.1, 0.15) is 23.2 Å². The zero-order valence-corrected chi connectivity index (χ0v) is 13.2. The zero-order chi connectivity index (χ0) is 15.7. The van der Waals surface area contributed by atoms with Gasteiger partial charge in [0.1, 0.15) is 0 Å². The van der Waals surface area contributed by atoms with Gasteiger partial charge in [-0.15, -0.1) is 0 Å². The fourth-order valence-electron chi connectivity index (χ4n) is 2.96. The minimum Gasteiger partial charge on any atom is -0.361 e. The number of carbonyl (C=O) groups is 1. The van der Waals surface area contributed by atoms with E-state index in [2.05, 4.69) is 9.71 Å². The molecule has 6 nitrogen and oxygen atoms in total. The quantitative estimate of drug-likeness (QED) is 0.891. The monoisotopic (exact) mass is 321 g/mol. The second-order valence-electron chi connectivity index (χ2n) is 5.56. The number of fused-ring (bicyclic) bond motifs is 1. The Hall–Kier alpha value is -1.86. The van der Waals surface area contributed by atoms with Crippen LogP contribution in [-0.2, 0) is 10.0 Å². The first-order valence-electron chi connectivity index (χ1n) is 7.29. The minimum atomic E-state index is -3.33. The highest BCUT2D eigenvalue weighted by atomic mass is 32.2. The predicted octanol–water partition coefficient (Wildman–Crippen LogP) is 1.32. The van der Waals surface area contributed by atoms with Crippen LogP contribution in [0, 0.1) is 0 Å². The Bertz CT molecular complexity index is 797. The Labute approximate surface area is 129 Å². The van der Waals surface area contributed by atoms with Crippen LogP contribution in [0.3, 0.4) is 0 Å². The van der Waals surface area contributed by atoms with Gasteiger partial charge < -0.3 is 9.88 Å². The van der Waals surface area contributed by atoms with Crippen molar-refractivity contribution in [3.8, 4) is 0 Å². The second kappa shape index (κ2) is 5.73. The molecular weight excluding hydrogens is 302 g/mol. The SMILES string of the molecule is CNS(=O)(=O)C[C@H]1CCCN1C(=O)c1ccc2cc[nH]c2c1. The molecule has 2 aromatic rings. The summed E-state index contributed by atoms with van der Waals surface area (Å²) in [6.45, 7) is 0.603. The summed E-state index contributed by atoms with van der Waals surface area (Å²) in [5, 5.41) is 1.05. The number of benzene rings is 1. The number of sulfonamides is 1. The summed E-state index contributed by atoms with van der Waals surface area (Å²) in [6.07, 6.45) is 3.38. The highest BCUT2D eigenvalue weighted by Gasteiger charge is 2.32. The average Bonchev–Trinajstić information content (AvgIpc) is 3.14. The highest BCUT2D eigenvalue weighted by Crippen LogP contribution is 2.23. The molecule has 1 atom stereocenters. The van der Waals surface area contributed by atoms with Crippen LogP contribution in [0.15, 0.2) is 30.5 Å². The molecule has 0 radical (unpaired) electrons. The number of hydrogen-bond donors (Lipinski definition) is 2. The summed E-state index contributed by atoms with van der Waals surface area (Å²) in [6, 6.07) is 7.19. The molecule has 1 saturated heterocycles. The third kappa shape index (κ3) is 2.86. The van der Waals surface area contributed by atoms with Gasteiger partial charge in [-0.25, -0.2) is 13.1 Å². The van der Waals surface area contributed by atoms with E-state index >= 15 is 0 Å². The van der Waals surface area contributed by atoms with Crippen molar-refractivity contribution in [1.82, 2.24) is 14.6 Å². The lowest BCUT2D eigenvalue weighted by atomic mass is 10.1. The maximum atomic E-state index is 12.7. The summed E-state index contributed by atoms with van der Waals surface area (Å²) in [5.74, 6) is -0.148. The Balaban J connectivity index is 1.83. The van der Waals surface area contributed by atoms with Gasteiger partial charge in [0.05, 0.1) is 5.75 Å². The lowest BCUT2D eigenvalue weighted by Gasteiger charge is -2.24. The number of amides is 1. The lowest BCUT2D eigenvalue weighted by molar-refractivity contribution is 0.0749. The smallest absolute Gasteiger partial charge is 0.254 e. The van der Waals surface area contributed by atoms with Crippen molar-refractivity contribution in [2.24, 2.45) is 0 Å². The molecule has 0 saturated carbocycles. The van der Waals surface area contributed by atoms with Crippen LogP contribution in [0.25, 0.3) is 10.9 Å². The van der Waals surface area contributed by atoms with E-state index in [4.69, 9.17) is 0 Å². The predicted molar refractivity (Wildman–Crippen MR) is 85.2 cm³/mol. The van der Waals surface area contributed by atoms with Crippen LogP contribution in [0.5, 0.6) is 0 Å². The molecule has 1 aromatic heterocycles. The van der Waals surface area contributed by atoms with Crippen LogP contribution in [0.4, 0.5) is 0 Å². The van der Waals surface area contributed by atoms with Gasteiger partial charge in [-0.3, -0.25) is 4.79 Å². The van der Waals surface area contributed by atoms with Gasteiger partial charge in [-0.2, -0.15) is 0 Å². The minimum absolute atomic E-state index is 0.0417. The van der Waals surface area contributed by atoms with Gasteiger partial charge in [0, 0.05) is 29.9 Å². The molecule has 2 heterocycles. The number of aromatic nitrogens is 1. The van der Waals surface area contributed by atoms with E-state index in [1.807, 2.05) is 24.4 Å². The van der Waals surface area contributed by atoms with E-state index in [-0.39, 0.29) is 17.7 Å². The van der Waals surface area contributed by atoms with E-state index in [1.165, 1.54) is 7.05 Å². The van der Waals surface area contributed by atoms with Crippen molar-refractivity contribution in [1.29, 1.82) is 0 Å². The molecule has 7 heteroatoms. The molecule has 1 aliphatic rings. The van der Waals surface area contributed by atoms with Gasteiger partial charge in [0.2, 0.25) is 10.0 Å². The van der Waals surface area contributed by atoms with Crippen molar-refractivity contribution in [3.63, 3.8) is 0 Å². The van der Waals surface area contributed by atoms with Crippen LogP contribution in [-0.4, -0.2) is 49.6 Å². The maximum absolute atomic E-state index is 12.7. The van der Waals surface area contributed by atoms with Gasteiger partial charge in [-0.1, -0.05) is 6.07 Å². The first kappa shape index (κ1) is 15.1. The third-order valence-corrected chi connectivity index (χ3v) is 5.61. The Morgan fingerprint density at radius 2 is 2.23 bits per heavy atom. The first-order valence-corrected chi connectivity index (χ1v) is 8.95. The third-order valence-electron chi connectivity index (χ3n) is 4.16. The molecule has 1 fully saturated rings. The van der Waals surface area contributed by atoms with E-state index in [9.17, 15) is 13.2 Å². The van der Waals surface area contributed by atoms with Crippen LogP contribution in [0.2, 0.25) is 0 Å². The van der Waals surface area contributed by atoms with Gasteiger partial charge in [-0.05, 0) is 43.5 Å². The molecule has 0 spiro atoms. The number of aromatic amines is 1. The molecule has 0 aliphatic carbocycles. The van der Waals surface area contributed by atoms with Crippen LogP contribution < -0.4 is 4.72 Å². The molecular formula is C15H19N3O3S. The van der Waals surface area contributed by atoms with E-state index < -0.39 is 10.0 Å². The Morgan fingerprint density at radius 3 is 3.00 bits per heavy atom. The summed E-state index contributed by atoms with van der Waals surface area (Å²) < 4.78 is 25.8. The lowest BCUT2D eigenvalue weighted by Crippen LogP contribution is -2.41. The van der Waals surface area contributed by atoms with E-state index in [0.29, 0.717) is 12.1 Å². The zero-order valence-electron chi connectivity index (χ0n) is 12.4. The summed E-state index contributed by atoms with van der Waals surface area (Å²) in [4.78, 5) is 17.5.